The Balaban J connectivity index is 0.000000188. The zero-order valence-electron chi connectivity index (χ0n) is 12.1. The van der Waals surface area contributed by atoms with Gasteiger partial charge in [0.1, 0.15) is 11.5 Å². The molecule has 0 spiro atoms. The zero-order chi connectivity index (χ0) is 15.6. The Morgan fingerprint density at radius 1 is 0.636 bits per heavy atom. The number of aromatic hydroxyl groups is 2. The average molecular weight is 294 g/mol. The lowest BCUT2D eigenvalue weighted by Gasteiger charge is -2.00. The molecule has 0 unspecified atom stereocenters. The van der Waals surface area contributed by atoms with E-state index in [9.17, 15) is 0 Å². The van der Waals surface area contributed by atoms with Crippen molar-refractivity contribution in [2.75, 3.05) is 0 Å². The standard InChI is InChI=1S/C12H12N2.C6H6O2/c1(11-3-7-13-8-4-11)2-12-5-9-14-10-6-12;7-5-2-1-3-6(8)4-5/h3-10H,1-2H2;1-4,7-8H. The van der Waals surface area contributed by atoms with Crippen LogP contribution in [0.15, 0.2) is 73.3 Å². The minimum absolute atomic E-state index is 0.0880. The van der Waals surface area contributed by atoms with Gasteiger partial charge in [-0.15, -0.1) is 0 Å². The predicted octanol–water partition coefficient (Wildman–Crippen LogP) is 3.36. The summed E-state index contributed by atoms with van der Waals surface area (Å²) in [6.45, 7) is 0. The van der Waals surface area contributed by atoms with E-state index in [2.05, 4.69) is 34.2 Å². The van der Waals surface area contributed by atoms with Crippen molar-refractivity contribution in [1.82, 2.24) is 9.97 Å². The maximum atomic E-state index is 8.65. The summed E-state index contributed by atoms with van der Waals surface area (Å²) in [5, 5.41) is 17.3. The third kappa shape index (κ3) is 5.63. The summed E-state index contributed by atoms with van der Waals surface area (Å²) >= 11 is 0. The molecular weight excluding hydrogens is 276 g/mol. The number of hydrogen-bond acceptors (Lipinski definition) is 4. The van der Waals surface area contributed by atoms with Crippen molar-refractivity contribution in [3.05, 3.63) is 84.4 Å². The first kappa shape index (κ1) is 15.5. The first-order chi connectivity index (χ1) is 10.7. The zero-order valence-corrected chi connectivity index (χ0v) is 12.1. The molecule has 2 heterocycles. The molecule has 0 aliphatic heterocycles. The fraction of sp³-hybridized carbons (Fsp3) is 0.111. The molecule has 112 valence electrons. The van der Waals surface area contributed by atoms with Crippen molar-refractivity contribution in [2.45, 2.75) is 12.8 Å². The summed E-state index contributed by atoms with van der Waals surface area (Å²) in [5.41, 5.74) is 2.66. The molecule has 0 radical (unpaired) electrons. The highest BCUT2D eigenvalue weighted by atomic mass is 16.3. The van der Waals surface area contributed by atoms with Crippen LogP contribution < -0.4 is 0 Å². The number of benzene rings is 1. The molecule has 0 saturated carbocycles. The van der Waals surface area contributed by atoms with Gasteiger partial charge in [-0.05, 0) is 60.4 Å². The normalized spacial score (nSPS) is 9.64. The van der Waals surface area contributed by atoms with E-state index in [1.54, 1.807) is 6.07 Å². The highest BCUT2D eigenvalue weighted by molar-refractivity contribution is 5.30. The Morgan fingerprint density at radius 2 is 1.05 bits per heavy atom. The molecule has 3 aromatic rings. The number of nitrogens with zero attached hydrogens (tertiary/aromatic N) is 2. The first-order valence-electron chi connectivity index (χ1n) is 7.00. The molecule has 0 fully saturated rings. The maximum absolute atomic E-state index is 8.65. The fourth-order valence-corrected chi connectivity index (χ4v) is 1.88. The van der Waals surface area contributed by atoms with Crippen LogP contribution in [0.1, 0.15) is 11.1 Å². The second-order valence-electron chi connectivity index (χ2n) is 4.73. The maximum Gasteiger partial charge on any atom is 0.119 e. The summed E-state index contributed by atoms with van der Waals surface area (Å²) in [6.07, 6.45) is 9.46. The largest absolute Gasteiger partial charge is 0.508 e. The Hall–Kier alpha value is -2.88. The van der Waals surface area contributed by atoms with E-state index < -0.39 is 0 Å². The van der Waals surface area contributed by atoms with Gasteiger partial charge in [0.25, 0.3) is 0 Å². The van der Waals surface area contributed by atoms with Gasteiger partial charge < -0.3 is 10.2 Å². The van der Waals surface area contributed by atoms with E-state index in [4.69, 9.17) is 10.2 Å². The van der Waals surface area contributed by atoms with Gasteiger partial charge in [0, 0.05) is 30.9 Å². The van der Waals surface area contributed by atoms with Crippen molar-refractivity contribution < 1.29 is 10.2 Å². The lowest BCUT2D eigenvalue weighted by atomic mass is 10.1. The molecule has 3 rings (SSSR count). The van der Waals surface area contributed by atoms with Crippen LogP contribution >= 0.6 is 0 Å². The average Bonchev–Trinajstić information content (AvgIpc) is 2.55. The summed E-state index contributed by atoms with van der Waals surface area (Å²) in [4.78, 5) is 7.98. The third-order valence-electron chi connectivity index (χ3n) is 3.03. The number of phenols is 2. The number of phenolic OH excluding ortho intramolecular Hbond substituents is 2. The third-order valence-corrected chi connectivity index (χ3v) is 3.03. The Kier molecular flexibility index (Phi) is 5.93. The van der Waals surface area contributed by atoms with Gasteiger partial charge >= 0.3 is 0 Å². The highest BCUT2D eigenvalue weighted by Gasteiger charge is 1.94. The van der Waals surface area contributed by atoms with Crippen molar-refractivity contribution in [3.63, 3.8) is 0 Å². The summed E-state index contributed by atoms with van der Waals surface area (Å²) < 4.78 is 0. The van der Waals surface area contributed by atoms with Crippen molar-refractivity contribution >= 4 is 0 Å². The van der Waals surface area contributed by atoms with Gasteiger partial charge in [0.15, 0.2) is 0 Å². The molecule has 0 aliphatic carbocycles. The highest BCUT2D eigenvalue weighted by Crippen LogP contribution is 2.14. The van der Waals surface area contributed by atoms with Gasteiger partial charge in [-0.2, -0.15) is 0 Å². The molecule has 2 aromatic heterocycles. The molecule has 4 nitrogen and oxygen atoms in total. The van der Waals surface area contributed by atoms with E-state index in [1.807, 2.05) is 24.8 Å². The summed E-state index contributed by atoms with van der Waals surface area (Å²) in [7, 11) is 0. The van der Waals surface area contributed by atoms with Crippen LogP contribution in [-0.4, -0.2) is 20.2 Å². The minimum Gasteiger partial charge on any atom is -0.508 e. The molecule has 2 N–H and O–H groups in total. The van der Waals surface area contributed by atoms with E-state index in [0.29, 0.717) is 0 Å². The van der Waals surface area contributed by atoms with Crippen molar-refractivity contribution in [1.29, 1.82) is 0 Å². The molecular formula is C18H18N2O2. The van der Waals surface area contributed by atoms with E-state index in [-0.39, 0.29) is 11.5 Å². The lowest BCUT2D eigenvalue weighted by molar-refractivity contribution is 0.450. The summed E-state index contributed by atoms with van der Waals surface area (Å²) in [6, 6.07) is 14.1. The number of rotatable bonds is 3. The molecule has 0 atom stereocenters. The van der Waals surface area contributed by atoms with Crippen molar-refractivity contribution in [3.8, 4) is 11.5 Å². The number of hydrogen-bond donors (Lipinski definition) is 2. The molecule has 0 bridgehead atoms. The second-order valence-corrected chi connectivity index (χ2v) is 4.73. The van der Waals surface area contributed by atoms with Crippen LogP contribution in [0.5, 0.6) is 11.5 Å². The molecule has 4 heteroatoms. The number of pyridine rings is 2. The van der Waals surface area contributed by atoms with E-state index >= 15 is 0 Å². The minimum atomic E-state index is 0.0880. The number of aryl methyl sites for hydroxylation is 2. The Labute approximate surface area is 129 Å². The van der Waals surface area contributed by atoms with Gasteiger partial charge in [-0.3, -0.25) is 9.97 Å². The number of aromatic nitrogens is 2. The van der Waals surface area contributed by atoms with Crippen LogP contribution in [0.2, 0.25) is 0 Å². The molecule has 22 heavy (non-hydrogen) atoms. The molecule has 0 amide bonds. The first-order valence-corrected chi connectivity index (χ1v) is 7.00. The van der Waals surface area contributed by atoms with Crippen molar-refractivity contribution in [2.24, 2.45) is 0 Å². The van der Waals surface area contributed by atoms with Gasteiger partial charge in [-0.1, -0.05) is 6.07 Å². The summed E-state index contributed by atoms with van der Waals surface area (Å²) in [5.74, 6) is 0.176. The SMILES string of the molecule is Oc1cccc(O)c1.c1cc(CCc2ccncc2)ccn1. The lowest BCUT2D eigenvalue weighted by Crippen LogP contribution is -1.91. The second kappa shape index (κ2) is 8.42. The van der Waals surface area contributed by atoms with E-state index in [1.165, 1.54) is 29.3 Å². The smallest absolute Gasteiger partial charge is 0.119 e. The predicted molar refractivity (Wildman–Crippen MR) is 85.7 cm³/mol. The van der Waals surface area contributed by atoms with E-state index in [0.717, 1.165) is 12.8 Å². The topological polar surface area (TPSA) is 66.2 Å². The van der Waals surface area contributed by atoms with Crippen LogP contribution in [-0.2, 0) is 12.8 Å². The van der Waals surface area contributed by atoms with Crippen LogP contribution in [0.4, 0.5) is 0 Å². The fourth-order valence-electron chi connectivity index (χ4n) is 1.88. The monoisotopic (exact) mass is 294 g/mol. The van der Waals surface area contributed by atoms with Crippen LogP contribution in [0.3, 0.4) is 0 Å². The Bertz CT molecular complexity index is 616. The van der Waals surface area contributed by atoms with Crippen LogP contribution in [0, 0.1) is 0 Å². The van der Waals surface area contributed by atoms with Crippen LogP contribution in [0.25, 0.3) is 0 Å². The van der Waals surface area contributed by atoms with Gasteiger partial charge in [-0.25, -0.2) is 0 Å². The van der Waals surface area contributed by atoms with Gasteiger partial charge in [0.05, 0.1) is 0 Å². The molecule has 1 aromatic carbocycles. The van der Waals surface area contributed by atoms with Gasteiger partial charge in [0.2, 0.25) is 0 Å². The molecule has 0 saturated heterocycles. The quantitative estimate of drug-likeness (QED) is 0.777. The Morgan fingerprint density at radius 3 is 1.36 bits per heavy atom. The molecule has 0 aliphatic rings.